The summed E-state index contributed by atoms with van der Waals surface area (Å²) in [6.45, 7) is 7.62. The SMILES string of the molecule is CCn1c(SCC(=O)NCC(C)c2ccccc2)nnc1-c1cccc(C)c1. The molecule has 146 valence electrons. The van der Waals surface area contributed by atoms with Gasteiger partial charge in [-0.2, -0.15) is 0 Å². The maximum Gasteiger partial charge on any atom is 0.230 e. The van der Waals surface area contributed by atoms with Gasteiger partial charge >= 0.3 is 0 Å². The molecule has 28 heavy (non-hydrogen) atoms. The van der Waals surface area contributed by atoms with Crippen LogP contribution in [0.3, 0.4) is 0 Å². The summed E-state index contributed by atoms with van der Waals surface area (Å²) in [5.74, 6) is 1.46. The molecule has 0 bridgehead atoms. The maximum atomic E-state index is 12.3. The molecular weight excluding hydrogens is 368 g/mol. The Morgan fingerprint density at radius 1 is 1.14 bits per heavy atom. The van der Waals surface area contributed by atoms with Gasteiger partial charge in [-0.15, -0.1) is 10.2 Å². The fourth-order valence-electron chi connectivity index (χ4n) is 3.03. The zero-order chi connectivity index (χ0) is 19.9. The lowest BCUT2D eigenvalue weighted by Gasteiger charge is -2.13. The highest BCUT2D eigenvalue weighted by Gasteiger charge is 2.15. The third kappa shape index (κ3) is 5.01. The van der Waals surface area contributed by atoms with Crippen LogP contribution in [-0.2, 0) is 11.3 Å². The highest BCUT2D eigenvalue weighted by atomic mass is 32.2. The Balaban J connectivity index is 1.58. The number of aryl methyl sites for hydroxylation is 1. The fourth-order valence-corrected chi connectivity index (χ4v) is 3.86. The molecule has 0 aliphatic rings. The van der Waals surface area contributed by atoms with E-state index in [1.165, 1.54) is 22.9 Å². The maximum absolute atomic E-state index is 12.3. The lowest BCUT2D eigenvalue weighted by Crippen LogP contribution is -2.29. The second-order valence-corrected chi connectivity index (χ2v) is 7.77. The van der Waals surface area contributed by atoms with Gasteiger partial charge in [-0.1, -0.05) is 72.8 Å². The number of carbonyl (C=O) groups is 1. The van der Waals surface area contributed by atoms with E-state index < -0.39 is 0 Å². The van der Waals surface area contributed by atoms with Crippen LogP contribution in [-0.4, -0.2) is 33.0 Å². The number of nitrogens with zero attached hydrogens (tertiary/aromatic N) is 3. The summed E-state index contributed by atoms with van der Waals surface area (Å²) in [5.41, 5.74) is 3.45. The van der Waals surface area contributed by atoms with Crippen molar-refractivity contribution in [3.63, 3.8) is 0 Å². The van der Waals surface area contributed by atoms with Gasteiger partial charge in [0.15, 0.2) is 11.0 Å². The van der Waals surface area contributed by atoms with E-state index in [9.17, 15) is 4.79 Å². The number of hydrogen-bond acceptors (Lipinski definition) is 4. The molecule has 1 unspecified atom stereocenters. The summed E-state index contributed by atoms with van der Waals surface area (Å²) in [7, 11) is 0. The highest BCUT2D eigenvalue weighted by Crippen LogP contribution is 2.24. The van der Waals surface area contributed by atoms with Crippen molar-refractivity contribution in [1.82, 2.24) is 20.1 Å². The predicted octanol–water partition coefficient (Wildman–Crippen LogP) is 4.29. The second kappa shape index (κ2) is 9.55. The monoisotopic (exact) mass is 394 g/mol. The topological polar surface area (TPSA) is 59.8 Å². The number of hydrogen-bond donors (Lipinski definition) is 1. The fraction of sp³-hybridized carbons (Fsp3) is 0.318. The minimum atomic E-state index is 0.00976. The molecule has 0 saturated carbocycles. The minimum absolute atomic E-state index is 0.00976. The van der Waals surface area contributed by atoms with Crippen molar-refractivity contribution in [1.29, 1.82) is 0 Å². The van der Waals surface area contributed by atoms with E-state index in [0.717, 1.165) is 23.1 Å². The molecule has 0 radical (unpaired) electrons. The third-order valence-corrected chi connectivity index (χ3v) is 5.58. The lowest BCUT2D eigenvalue weighted by atomic mass is 10.0. The average Bonchev–Trinajstić information content (AvgIpc) is 3.14. The molecule has 0 fully saturated rings. The lowest BCUT2D eigenvalue weighted by molar-refractivity contribution is -0.118. The molecule has 2 aromatic carbocycles. The van der Waals surface area contributed by atoms with Crippen LogP contribution >= 0.6 is 11.8 Å². The van der Waals surface area contributed by atoms with E-state index >= 15 is 0 Å². The summed E-state index contributed by atoms with van der Waals surface area (Å²) >= 11 is 1.42. The summed E-state index contributed by atoms with van der Waals surface area (Å²) < 4.78 is 2.05. The Morgan fingerprint density at radius 2 is 1.93 bits per heavy atom. The molecule has 0 aliphatic carbocycles. The van der Waals surface area contributed by atoms with Crippen LogP contribution in [0.5, 0.6) is 0 Å². The van der Waals surface area contributed by atoms with E-state index in [4.69, 9.17) is 0 Å². The molecule has 3 aromatic rings. The van der Waals surface area contributed by atoms with E-state index in [2.05, 4.69) is 65.1 Å². The summed E-state index contributed by atoms with van der Waals surface area (Å²) in [5, 5.41) is 12.4. The van der Waals surface area contributed by atoms with Crippen molar-refractivity contribution in [2.24, 2.45) is 0 Å². The smallest absolute Gasteiger partial charge is 0.230 e. The van der Waals surface area contributed by atoms with Gasteiger partial charge in [0.2, 0.25) is 5.91 Å². The normalized spacial score (nSPS) is 12.0. The van der Waals surface area contributed by atoms with Crippen LogP contribution in [0, 0.1) is 6.92 Å². The van der Waals surface area contributed by atoms with Crippen LogP contribution in [0.4, 0.5) is 0 Å². The predicted molar refractivity (Wildman–Crippen MR) is 114 cm³/mol. The van der Waals surface area contributed by atoms with E-state index in [-0.39, 0.29) is 11.8 Å². The van der Waals surface area contributed by atoms with Crippen molar-refractivity contribution in [3.8, 4) is 11.4 Å². The molecule has 0 aliphatic heterocycles. The van der Waals surface area contributed by atoms with Crippen molar-refractivity contribution < 1.29 is 4.79 Å². The van der Waals surface area contributed by atoms with Crippen molar-refractivity contribution in [3.05, 3.63) is 65.7 Å². The summed E-state index contributed by atoms with van der Waals surface area (Å²) in [4.78, 5) is 12.3. The van der Waals surface area contributed by atoms with Gasteiger partial charge in [0.05, 0.1) is 5.75 Å². The first-order valence-corrected chi connectivity index (χ1v) is 10.5. The first-order chi connectivity index (χ1) is 13.6. The molecule has 1 atom stereocenters. The molecule has 1 heterocycles. The number of amides is 1. The number of rotatable bonds is 8. The molecule has 1 N–H and O–H groups in total. The van der Waals surface area contributed by atoms with Gasteiger partial charge in [-0.25, -0.2) is 0 Å². The van der Waals surface area contributed by atoms with E-state index in [1.807, 2.05) is 30.3 Å². The van der Waals surface area contributed by atoms with Crippen molar-refractivity contribution in [2.45, 2.75) is 38.4 Å². The van der Waals surface area contributed by atoms with Gasteiger partial charge in [-0.3, -0.25) is 4.79 Å². The average molecular weight is 395 g/mol. The molecule has 5 nitrogen and oxygen atoms in total. The van der Waals surface area contributed by atoms with Crippen LogP contribution < -0.4 is 5.32 Å². The second-order valence-electron chi connectivity index (χ2n) is 6.82. The van der Waals surface area contributed by atoms with E-state index in [1.54, 1.807) is 0 Å². The third-order valence-electron chi connectivity index (χ3n) is 4.62. The Bertz CT molecular complexity index is 923. The minimum Gasteiger partial charge on any atom is -0.355 e. The Hall–Kier alpha value is -2.60. The molecule has 0 spiro atoms. The number of carbonyl (C=O) groups excluding carboxylic acids is 1. The molecule has 6 heteroatoms. The Morgan fingerprint density at radius 3 is 2.64 bits per heavy atom. The number of benzene rings is 2. The van der Waals surface area contributed by atoms with Crippen molar-refractivity contribution >= 4 is 17.7 Å². The summed E-state index contributed by atoms with van der Waals surface area (Å²) in [6, 6.07) is 18.4. The quantitative estimate of drug-likeness (QED) is 0.579. The largest absolute Gasteiger partial charge is 0.355 e. The van der Waals surface area contributed by atoms with Gasteiger partial charge in [0.25, 0.3) is 0 Å². The Kier molecular flexibility index (Phi) is 6.87. The van der Waals surface area contributed by atoms with Crippen LogP contribution in [0.1, 0.15) is 30.9 Å². The zero-order valence-corrected chi connectivity index (χ0v) is 17.4. The van der Waals surface area contributed by atoms with Gasteiger partial charge < -0.3 is 9.88 Å². The number of aromatic nitrogens is 3. The molecule has 1 aromatic heterocycles. The van der Waals surface area contributed by atoms with Crippen LogP contribution in [0.25, 0.3) is 11.4 Å². The van der Waals surface area contributed by atoms with Crippen LogP contribution in [0.2, 0.25) is 0 Å². The first kappa shape index (κ1) is 20.1. The molecule has 0 saturated heterocycles. The number of thioether (sulfide) groups is 1. The van der Waals surface area contributed by atoms with Gasteiger partial charge in [0.1, 0.15) is 0 Å². The van der Waals surface area contributed by atoms with Gasteiger partial charge in [-0.05, 0) is 31.4 Å². The summed E-state index contributed by atoms with van der Waals surface area (Å²) in [6.07, 6.45) is 0. The standard InChI is InChI=1S/C22H26N4OS/c1-4-26-21(19-12-8-9-16(2)13-19)24-25-22(26)28-15-20(27)23-14-17(3)18-10-6-5-7-11-18/h5-13,17H,4,14-15H2,1-3H3,(H,23,27). The van der Waals surface area contributed by atoms with Gasteiger partial charge in [0, 0.05) is 18.7 Å². The van der Waals surface area contributed by atoms with Crippen LogP contribution in [0.15, 0.2) is 59.8 Å². The molecule has 3 rings (SSSR count). The zero-order valence-electron chi connectivity index (χ0n) is 16.6. The van der Waals surface area contributed by atoms with Crippen molar-refractivity contribution in [2.75, 3.05) is 12.3 Å². The Labute approximate surface area is 170 Å². The van der Waals surface area contributed by atoms with E-state index in [0.29, 0.717) is 12.3 Å². The first-order valence-electron chi connectivity index (χ1n) is 9.53. The highest BCUT2D eigenvalue weighted by molar-refractivity contribution is 7.99. The molecule has 1 amide bonds. The number of nitrogens with one attached hydrogen (secondary N) is 1. The molecular formula is C22H26N4OS.